The van der Waals surface area contributed by atoms with Gasteiger partial charge in [-0.25, -0.2) is 0 Å². The first-order chi connectivity index (χ1) is 8.56. The van der Waals surface area contributed by atoms with Crippen molar-refractivity contribution in [2.45, 2.75) is 0 Å². The predicted molar refractivity (Wildman–Crippen MR) is 86.2 cm³/mol. The summed E-state index contributed by atoms with van der Waals surface area (Å²) in [5.41, 5.74) is 6.32. The van der Waals surface area contributed by atoms with Crippen molar-refractivity contribution >= 4 is 57.0 Å². The fraction of sp³-hybridized carbons (Fsp3) is 0.455. The molecule has 1 saturated heterocycles. The summed E-state index contributed by atoms with van der Waals surface area (Å²) >= 11 is 8.73. The molecule has 0 saturated carbocycles. The molecular weight excluding hydrogens is 381 g/mol. The Morgan fingerprint density at radius 2 is 2.11 bits per heavy atom. The van der Waals surface area contributed by atoms with Gasteiger partial charge in [0.2, 0.25) is 0 Å². The lowest BCUT2D eigenvalue weighted by Crippen LogP contribution is -2.50. The number of halogens is 1. The van der Waals surface area contributed by atoms with Crippen molar-refractivity contribution in [2.24, 2.45) is 5.73 Å². The molecule has 0 aliphatic carbocycles. The van der Waals surface area contributed by atoms with Crippen LogP contribution in [0.25, 0.3) is 0 Å². The van der Waals surface area contributed by atoms with Gasteiger partial charge in [-0.05, 0) is 28.7 Å². The van der Waals surface area contributed by atoms with Crippen LogP contribution in [0.5, 0.6) is 0 Å². The Hall–Kier alpha value is -0.250. The molecule has 1 amide bonds. The van der Waals surface area contributed by atoms with E-state index >= 15 is 0 Å². The summed E-state index contributed by atoms with van der Waals surface area (Å²) in [5.74, 6) is 0.129. The first kappa shape index (κ1) is 14.2. The van der Waals surface area contributed by atoms with Crippen molar-refractivity contribution in [3.05, 3.63) is 19.9 Å². The molecule has 0 radical (unpaired) electrons. The van der Waals surface area contributed by atoms with Gasteiger partial charge in [-0.15, -0.1) is 11.3 Å². The average molecular weight is 395 g/mol. The monoisotopic (exact) mass is 395 g/mol. The quantitative estimate of drug-likeness (QED) is 0.621. The third kappa shape index (κ3) is 3.62. The van der Waals surface area contributed by atoms with Gasteiger partial charge < -0.3 is 10.6 Å². The Kier molecular flexibility index (Phi) is 4.93. The standard InChI is InChI=1S/C11H14IN3OS2/c12-9-5-8(7-18-9)11(16)15-3-1-14(2-4-15)6-10(13)17/h5,7H,1-4,6H2,(H2,13,17). The Bertz CT molecular complexity index is 455. The van der Waals surface area contributed by atoms with E-state index in [0.29, 0.717) is 11.5 Å². The molecule has 1 aromatic rings. The minimum Gasteiger partial charge on any atom is -0.392 e. The molecule has 4 nitrogen and oxygen atoms in total. The molecule has 2 rings (SSSR count). The molecular formula is C11H14IN3OS2. The maximum atomic E-state index is 12.2. The highest BCUT2D eigenvalue weighted by atomic mass is 127. The van der Waals surface area contributed by atoms with E-state index in [1.165, 1.54) is 0 Å². The van der Waals surface area contributed by atoms with Crippen LogP contribution in [-0.2, 0) is 0 Å². The zero-order valence-electron chi connectivity index (χ0n) is 9.76. The van der Waals surface area contributed by atoms with Crippen LogP contribution in [0.4, 0.5) is 0 Å². The number of amides is 1. The van der Waals surface area contributed by atoms with Crippen LogP contribution in [0.15, 0.2) is 11.4 Å². The number of nitrogens with zero attached hydrogens (tertiary/aromatic N) is 2. The fourth-order valence-electron chi connectivity index (χ4n) is 1.93. The minimum absolute atomic E-state index is 0.129. The Labute approximate surface area is 129 Å². The van der Waals surface area contributed by atoms with Gasteiger partial charge in [0.1, 0.15) is 0 Å². The summed E-state index contributed by atoms with van der Waals surface area (Å²) in [4.78, 5) is 16.8. The molecule has 0 bridgehead atoms. The smallest absolute Gasteiger partial charge is 0.254 e. The number of thiophene rings is 1. The van der Waals surface area contributed by atoms with Gasteiger partial charge in [0.25, 0.3) is 5.91 Å². The second-order valence-electron chi connectivity index (χ2n) is 4.17. The lowest BCUT2D eigenvalue weighted by molar-refractivity contribution is 0.0655. The minimum atomic E-state index is 0.129. The van der Waals surface area contributed by atoms with E-state index < -0.39 is 0 Å². The summed E-state index contributed by atoms with van der Waals surface area (Å²) in [7, 11) is 0. The van der Waals surface area contributed by atoms with Gasteiger partial charge in [-0.3, -0.25) is 9.69 Å². The van der Waals surface area contributed by atoms with Gasteiger partial charge in [-0.1, -0.05) is 12.2 Å². The lowest BCUT2D eigenvalue weighted by Gasteiger charge is -2.34. The number of carbonyl (C=O) groups excluding carboxylic acids is 1. The normalized spacial score (nSPS) is 16.8. The molecule has 0 atom stereocenters. The van der Waals surface area contributed by atoms with E-state index in [1.54, 1.807) is 11.3 Å². The predicted octanol–water partition coefficient (Wildman–Crippen LogP) is 1.40. The number of hydrogen-bond donors (Lipinski definition) is 1. The first-order valence-corrected chi connectivity index (χ1v) is 7.97. The molecule has 2 heterocycles. The van der Waals surface area contributed by atoms with Gasteiger partial charge >= 0.3 is 0 Å². The number of piperazine rings is 1. The van der Waals surface area contributed by atoms with Crippen LogP contribution in [0.3, 0.4) is 0 Å². The Balaban J connectivity index is 1.90. The van der Waals surface area contributed by atoms with Gasteiger partial charge in [0, 0.05) is 38.1 Å². The van der Waals surface area contributed by atoms with Crippen LogP contribution >= 0.6 is 46.1 Å². The van der Waals surface area contributed by atoms with E-state index in [0.717, 1.165) is 34.6 Å². The highest BCUT2D eigenvalue weighted by Gasteiger charge is 2.22. The van der Waals surface area contributed by atoms with E-state index in [-0.39, 0.29) is 5.91 Å². The SMILES string of the molecule is NC(=S)CN1CCN(C(=O)c2csc(I)c2)CC1. The summed E-state index contributed by atoms with van der Waals surface area (Å²) in [6, 6.07) is 1.94. The zero-order valence-corrected chi connectivity index (χ0v) is 13.6. The third-order valence-electron chi connectivity index (χ3n) is 2.85. The van der Waals surface area contributed by atoms with E-state index in [9.17, 15) is 4.79 Å². The summed E-state index contributed by atoms with van der Waals surface area (Å²) in [6.45, 7) is 3.81. The molecule has 98 valence electrons. The van der Waals surface area contributed by atoms with E-state index in [1.807, 2.05) is 16.3 Å². The number of rotatable bonds is 3. The van der Waals surface area contributed by atoms with Gasteiger partial charge in [0.05, 0.1) is 13.4 Å². The van der Waals surface area contributed by atoms with Crippen molar-refractivity contribution in [2.75, 3.05) is 32.7 Å². The number of thiocarbonyl (C=S) groups is 1. The number of hydrogen-bond acceptors (Lipinski definition) is 4. The van der Waals surface area contributed by atoms with Crippen LogP contribution in [-0.4, -0.2) is 53.4 Å². The second-order valence-corrected chi connectivity index (χ2v) is 7.50. The van der Waals surface area contributed by atoms with Gasteiger partial charge in [-0.2, -0.15) is 0 Å². The molecule has 18 heavy (non-hydrogen) atoms. The fourth-order valence-corrected chi connectivity index (χ4v) is 3.44. The highest BCUT2D eigenvalue weighted by molar-refractivity contribution is 14.1. The van der Waals surface area contributed by atoms with Gasteiger partial charge in [0.15, 0.2) is 0 Å². The summed E-state index contributed by atoms with van der Waals surface area (Å²) in [6.07, 6.45) is 0. The van der Waals surface area contributed by atoms with Crippen LogP contribution in [0.1, 0.15) is 10.4 Å². The largest absolute Gasteiger partial charge is 0.392 e. The van der Waals surface area contributed by atoms with Crippen molar-refractivity contribution in [3.8, 4) is 0 Å². The third-order valence-corrected chi connectivity index (χ3v) is 4.77. The maximum Gasteiger partial charge on any atom is 0.254 e. The molecule has 1 aromatic heterocycles. The zero-order chi connectivity index (χ0) is 13.1. The van der Waals surface area contributed by atoms with E-state index in [4.69, 9.17) is 18.0 Å². The molecule has 1 aliphatic heterocycles. The summed E-state index contributed by atoms with van der Waals surface area (Å²) < 4.78 is 1.14. The van der Waals surface area contributed by atoms with Crippen molar-refractivity contribution in [3.63, 3.8) is 0 Å². The molecule has 1 fully saturated rings. The molecule has 0 unspecified atom stereocenters. The molecule has 0 aromatic carbocycles. The van der Waals surface area contributed by atoms with Crippen molar-refractivity contribution in [1.82, 2.24) is 9.80 Å². The van der Waals surface area contributed by atoms with E-state index in [2.05, 4.69) is 27.5 Å². The van der Waals surface area contributed by atoms with Crippen molar-refractivity contribution in [1.29, 1.82) is 0 Å². The van der Waals surface area contributed by atoms with Crippen LogP contribution < -0.4 is 5.73 Å². The number of carbonyl (C=O) groups is 1. The molecule has 0 spiro atoms. The van der Waals surface area contributed by atoms with Crippen molar-refractivity contribution < 1.29 is 4.79 Å². The maximum absolute atomic E-state index is 12.2. The Morgan fingerprint density at radius 1 is 1.44 bits per heavy atom. The molecule has 1 aliphatic rings. The highest BCUT2D eigenvalue weighted by Crippen LogP contribution is 2.18. The molecule has 7 heteroatoms. The number of nitrogens with two attached hydrogens (primary N) is 1. The lowest BCUT2D eigenvalue weighted by atomic mass is 10.2. The average Bonchev–Trinajstić information content (AvgIpc) is 2.75. The topological polar surface area (TPSA) is 49.6 Å². The second kappa shape index (κ2) is 6.27. The molecule has 2 N–H and O–H groups in total. The first-order valence-electron chi connectivity index (χ1n) is 5.60. The van der Waals surface area contributed by atoms with Crippen LogP contribution in [0.2, 0.25) is 0 Å². The Morgan fingerprint density at radius 3 is 2.61 bits per heavy atom. The van der Waals surface area contributed by atoms with Crippen LogP contribution in [0, 0.1) is 2.88 Å². The summed E-state index contributed by atoms with van der Waals surface area (Å²) in [5, 5.41) is 1.92.